The van der Waals surface area contributed by atoms with Crippen LogP contribution >= 0.6 is 11.8 Å². The summed E-state index contributed by atoms with van der Waals surface area (Å²) in [6.07, 6.45) is 3.19. The van der Waals surface area contributed by atoms with E-state index in [0.717, 1.165) is 30.5 Å². The van der Waals surface area contributed by atoms with Crippen LogP contribution in [0.2, 0.25) is 0 Å². The number of likely N-dealkylation sites (tertiary alicyclic amines) is 1. The zero-order valence-corrected chi connectivity index (χ0v) is 23.0. The van der Waals surface area contributed by atoms with Crippen LogP contribution in [0.4, 0.5) is 0 Å². The maximum absolute atomic E-state index is 13.2. The van der Waals surface area contributed by atoms with E-state index in [1.54, 1.807) is 18.2 Å². The smallest absolute Gasteiger partial charge is 0.242 e. The lowest BCUT2D eigenvalue weighted by molar-refractivity contribution is -0.134. The van der Waals surface area contributed by atoms with Crippen molar-refractivity contribution < 1.29 is 13.2 Å². The van der Waals surface area contributed by atoms with Crippen LogP contribution in [0, 0.1) is 6.92 Å². The van der Waals surface area contributed by atoms with Gasteiger partial charge in [-0.25, -0.2) is 12.7 Å². The Labute approximate surface area is 217 Å². The maximum atomic E-state index is 13.2. The zero-order chi connectivity index (χ0) is 26.0. The molecular formula is C26H33N5O3S2. The Morgan fingerprint density at radius 1 is 1.06 bits per heavy atom. The molecule has 8 nitrogen and oxygen atoms in total. The first-order valence-electron chi connectivity index (χ1n) is 12.1. The van der Waals surface area contributed by atoms with Gasteiger partial charge in [0.1, 0.15) is 0 Å². The third-order valence-corrected chi connectivity index (χ3v) is 9.30. The van der Waals surface area contributed by atoms with E-state index in [2.05, 4.69) is 24.0 Å². The molecule has 2 heterocycles. The van der Waals surface area contributed by atoms with Crippen LogP contribution in [0.25, 0.3) is 17.1 Å². The first-order chi connectivity index (χ1) is 17.1. The SMILES string of the molecule is Cc1cccc(-n2c(SCC(=O)N3[C@H](C)CCC[C@@H]3C)nnc2-c2cccc(S(=O)(=O)N(C)C)c2)c1. The first kappa shape index (κ1) is 26.4. The minimum atomic E-state index is -3.61. The molecule has 1 aromatic heterocycles. The van der Waals surface area contributed by atoms with Crippen LogP contribution in [0.3, 0.4) is 0 Å². The summed E-state index contributed by atoms with van der Waals surface area (Å²) in [7, 11) is -0.595. The topological polar surface area (TPSA) is 88.4 Å². The highest BCUT2D eigenvalue weighted by atomic mass is 32.2. The summed E-state index contributed by atoms with van der Waals surface area (Å²) in [4.78, 5) is 15.3. The average molecular weight is 528 g/mol. The molecule has 1 aliphatic heterocycles. The standard InChI is InChI=1S/C26H33N5O3S2/c1-18-9-6-13-22(15-18)31-25(21-12-8-14-23(16-21)36(33,34)29(4)5)27-28-26(31)35-17-24(32)30-19(2)10-7-11-20(30)3/h6,8-9,12-16,19-20H,7,10-11,17H2,1-5H3/t19-,20+. The highest BCUT2D eigenvalue weighted by Crippen LogP contribution is 2.31. The molecular weight excluding hydrogens is 494 g/mol. The molecule has 0 aliphatic carbocycles. The Morgan fingerprint density at radius 3 is 2.42 bits per heavy atom. The van der Waals surface area contributed by atoms with Crippen LogP contribution in [0.1, 0.15) is 38.7 Å². The van der Waals surface area contributed by atoms with Crippen molar-refractivity contribution in [3.63, 3.8) is 0 Å². The number of amides is 1. The fourth-order valence-electron chi connectivity index (χ4n) is 4.67. The lowest BCUT2D eigenvalue weighted by Crippen LogP contribution is -2.48. The quantitative estimate of drug-likeness (QED) is 0.424. The summed E-state index contributed by atoms with van der Waals surface area (Å²) in [5.41, 5.74) is 2.55. The number of aromatic nitrogens is 3. The largest absolute Gasteiger partial charge is 0.337 e. The Morgan fingerprint density at radius 2 is 1.75 bits per heavy atom. The summed E-state index contributed by atoms with van der Waals surface area (Å²) >= 11 is 1.36. The molecule has 0 saturated carbocycles. The molecule has 0 bridgehead atoms. The van der Waals surface area contributed by atoms with E-state index in [9.17, 15) is 13.2 Å². The molecule has 0 spiro atoms. The molecule has 4 rings (SSSR count). The molecule has 0 radical (unpaired) electrons. The highest BCUT2D eigenvalue weighted by Gasteiger charge is 2.29. The van der Waals surface area contributed by atoms with Crippen molar-refractivity contribution in [2.24, 2.45) is 0 Å². The summed E-state index contributed by atoms with van der Waals surface area (Å²) in [5.74, 6) is 0.874. The third kappa shape index (κ3) is 5.35. The van der Waals surface area contributed by atoms with E-state index in [1.165, 1.54) is 30.2 Å². The fourth-order valence-corrected chi connectivity index (χ4v) is 6.44. The van der Waals surface area contributed by atoms with Crippen LogP contribution in [-0.2, 0) is 14.8 Å². The molecule has 1 aliphatic rings. The van der Waals surface area contributed by atoms with Gasteiger partial charge in [0.05, 0.1) is 10.6 Å². The summed E-state index contributed by atoms with van der Waals surface area (Å²) in [6.45, 7) is 6.23. The van der Waals surface area contributed by atoms with Crippen molar-refractivity contribution in [1.29, 1.82) is 0 Å². The number of aryl methyl sites for hydroxylation is 1. The Bertz CT molecular complexity index is 1340. The number of hydrogen-bond donors (Lipinski definition) is 0. The van der Waals surface area contributed by atoms with Gasteiger partial charge in [0.2, 0.25) is 15.9 Å². The second kappa shape index (κ2) is 10.7. The van der Waals surface area contributed by atoms with E-state index >= 15 is 0 Å². The monoisotopic (exact) mass is 527 g/mol. The number of nitrogens with zero attached hydrogens (tertiary/aromatic N) is 5. The third-order valence-electron chi connectivity index (χ3n) is 6.57. The Kier molecular flexibility index (Phi) is 7.87. The number of thioether (sulfide) groups is 1. The molecule has 10 heteroatoms. The molecule has 2 atom stereocenters. The van der Waals surface area contributed by atoms with Gasteiger partial charge < -0.3 is 4.90 Å². The number of benzene rings is 2. The minimum absolute atomic E-state index is 0.0964. The second-order valence-electron chi connectivity index (χ2n) is 9.51. The van der Waals surface area contributed by atoms with Crippen LogP contribution in [0.5, 0.6) is 0 Å². The minimum Gasteiger partial charge on any atom is -0.337 e. The van der Waals surface area contributed by atoms with E-state index < -0.39 is 10.0 Å². The van der Waals surface area contributed by atoms with Crippen molar-refractivity contribution in [1.82, 2.24) is 24.0 Å². The predicted octanol–water partition coefficient (Wildman–Crippen LogP) is 4.37. The van der Waals surface area contributed by atoms with Gasteiger partial charge in [-0.05, 0) is 69.9 Å². The van der Waals surface area contributed by atoms with E-state index in [4.69, 9.17) is 0 Å². The molecule has 0 unspecified atom stereocenters. The zero-order valence-electron chi connectivity index (χ0n) is 21.4. The van der Waals surface area contributed by atoms with Gasteiger partial charge in [0, 0.05) is 37.4 Å². The second-order valence-corrected chi connectivity index (χ2v) is 12.6. The predicted molar refractivity (Wildman–Crippen MR) is 143 cm³/mol. The molecule has 36 heavy (non-hydrogen) atoms. The highest BCUT2D eigenvalue weighted by molar-refractivity contribution is 7.99. The van der Waals surface area contributed by atoms with Gasteiger partial charge in [-0.3, -0.25) is 9.36 Å². The molecule has 3 aromatic rings. The van der Waals surface area contributed by atoms with Crippen LogP contribution < -0.4 is 0 Å². The lowest BCUT2D eigenvalue weighted by atomic mass is 9.98. The van der Waals surface area contributed by atoms with Gasteiger partial charge in [-0.15, -0.1) is 10.2 Å². The average Bonchev–Trinajstić information content (AvgIpc) is 3.26. The van der Waals surface area contributed by atoms with Crippen LogP contribution in [0.15, 0.2) is 58.6 Å². The van der Waals surface area contributed by atoms with Gasteiger partial charge in [-0.2, -0.15) is 0 Å². The number of piperidine rings is 1. The van der Waals surface area contributed by atoms with E-state index in [-0.39, 0.29) is 28.6 Å². The van der Waals surface area contributed by atoms with Crippen molar-refractivity contribution in [3.8, 4) is 17.1 Å². The molecule has 1 fully saturated rings. The Balaban J connectivity index is 1.71. The summed E-state index contributed by atoms with van der Waals surface area (Å²) in [5, 5.41) is 9.45. The van der Waals surface area contributed by atoms with Crippen molar-refractivity contribution in [3.05, 3.63) is 54.1 Å². The lowest BCUT2D eigenvalue weighted by Gasteiger charge is -2.39. The Hall–Kier alpha value is -2.69. The summed E-state index contributed by atoms with van der Waals surface area (Å²) < 4.78 is 28.6. The van der Waals surface area contributed by atoms with Crippen LogP contribution in [-0.4, -0.2) is 70.2 Å². The normalized spacial score (nSPS) is 18.6. The number of hydrogen-bond acceptors (Lipinski definition) is 6. The fraction of sp³-hybridized carbons (Fsp3) is 0.423. The van der Waals surface area contributed by atoms with Gasteiger partial charge in [0.15, 0.2) is 11.0 Å². The van der Waals surface area contributed by atoms with Crippen molar-refractivity contribution >= 4 is 27.7 Å². The number of carbonyl (C=O) groups is 1. The molecule has 0 N–H and O–H groups in total. The molecule has 2 aromatic carbocycles. The number of sulfonamides is 1. The molecule has 192 valence electrons. The maximum Gasteiger partial charge on any atom is 0.242 e. The molecule has 1 saturated heterocycles. The van der Waals surface area contributed by atoms with Crippen molar-refractivity contribution in [2.45, 2.75) is 62.2 Å². The van der Waals surface area contributed by atoms with Crippen molar-refractivity contribution in [2.75, 3.05) is 19.8 Å². The molecule has 1 amide bonds. The van der Waals surface area contributed by atoms with Gasteiger partial charge >= 0.3 is 0 Å². The van der Waals surface area contributed by atoms with E-state index in [1.807, 2.05) is 46.7 Å². The first-order valence-corrected chi connectivity index (χ1v) is 14.5. The number of rotatable bonds is 7. The van der Waals surface area contributed by atoms with Gasteiger partial charge in [0.25, 0.3) is 0 Å². The van der Waals surface area contributed by atoms with Gasteiger partial charge in [-0.1, -0.05) is 36.0 Å². The number of carbonyl (C=O) groups excluding carboxylic acids is 1. The summed E-state index contributed by atoms with van der Waals surface area (Å²) in [6, 6.07) is 15.1. The van der Waals surface area contributed by atoms with E-state index in [0.29, 0.717) is 16.5 Å².